The lowest BCUT2D eigenvalue weighted by Crippen LogP contribution is -2.32. The number of aromatic nitrogens is 1. The van der Waals surface area contributed by atoms with Gasteiger partial charge in [0.2, 0.25) is 5.91 Å². The van der Waals surface area contributed by atoms with Gasteiger partial charge in [0.1, 0.15) is 13.2 Å². The minimum absolute atomic E-state index is 0.141. The molecule has 0 bridgehead atoms. The van der Waals surface area contributed by atoms with E-state index in [2.05, 4.69) is 4.98 Å². The van der Waals surface area contributed by atoms with E-state index < -0.39 is 0 Å². The molecule has 2 aliphatic rings. The lowest BCUT2D eigenvalue weighted by atomic mass is 10.1. The average Bonchev–Trinajstić information content (AvgIpc) is 2.94. The van der Waals surface area contributed by atoms with Crippen LogP contribution in [0, 0.1) is 0 Å². The number of hydrogen-bond donors (Lipinski definition) is 1. The van der Waals surface area contributed by atoms with Crippen LogP contribution in [0.25, 0.3) is 10.9 Å². The summed E-state index contributed by atoms with van der Waals surface area (Å²) in [6.07, 6.45) is 5.38. The molecule has 1 saturated heterocycles. The minimum atomic E-state index is -0.141. The Morgan fingerprint density at radius 2 is 1.69 bits per heavy atom. The summed E-state index contributed by atoms with van der Waals surface area (Å²) in [7, 11) is 0. The van der Waals surface area contributed by atoms with Crippen LogP contribution >= 0.6 is 0 Å². The molecule has 0 atom stereocenters. The Kier molecular flexibility index (Phi) is 4.82. The van der Waals surface area contributed by atoms with Crippen LogP contribution in [0.1, 0.15) is 37.7 Å². The molecule has 0 radical (unpaired) electrons. The molecule has 6 heteroatoms. The Labute approximate surface area is 152 Å². The number of nitrogens with one attached hydrogen (secondary N) is 1. The molecule has 1 aromatic carbocycles. The average molecular weight is 356 g/mol. The predicted octanol–water partition coefficient (Wildman–Crippen LogP) is 2.63. The summed E-state index contributed by atoms with van der Waals surface area (Å²) in [5, 5.41) is 0.895. The van der Waals surface area contributed by atoms with Crippen molar-refractivity contribution in [1.82, 2.24) is 9.88 Å². The number of rotatable bonds is 3. The molecule has 4 rings (SSSR count). The molecule has 2 aromatic rings. The van der Waals surface area contributed by atoms with Gasteiger partial charge >= 0.3 is 0 Å². The number of pyridine rings is 1. The van der Waals surface area contributed by atoms with E-state index in [0.717, 1.165) is 36.8 Å². The van der Waals surface area contributed by atoms with Crippen molar-refractivity contribution < 1.29 is 14.3 Å². The number of carbonyl (C=O) groups is 1. The van der Waals surface area contributed by atoms with E-state index in [1.807, 2.05) is 17.0 Å². The van der Waals surface area contributed by atoms with E-state index in [1.165, 1.54) is 12.8 Å². The van der Waals surface area contributed by atoms with Gasteiger partial charge in [0.25, 0.3) is 5.56 Å². The highest BCUT2D eigenvalue weighted by molar-refractivity contribution is 5.83. The molecule has 3 heterocycles. The summed E-state index contributed by atoms with van der Waals surface area (Å²) in [6.45, 7) is 2.73. The van der Waals surface area contributed by atoms with Gasteiger partial charge in [-0.3, -0.25) is 9.59 Å². The Morgan fingerprint density at radius 1 is 1.00 bits per heavy atom. The topological polar surface area (TPSA) is 71.6 Å². The van der Waals surface area contributed by atoms with Gasteiger partial charge in [-0.15, -0.1) is 0 Å². The summed E-state index contributed by atoms with van der Waals surface area (Å²) in [5.74, 6) is 1.50. The second-order valence-electron chi connectivity index (χ2n) is 7.00. The molecule has 1 N–H and O–H groups in total. The lowest BCUT2D eigenvalue weighted by molar-refractivity contribution is -0.131. The van der Waals surface area contributed by atoms with Gasteiger partial charge in [-0.25, -0.2) is 0 Å². The van der Waals surface area contributed by atoms with E-state index >= 15 is 0 Å². The molecule has 6 nitrogen and oxygen atoms in total. The first-order valence-corrected chi connectivity index (χ1v) is 9.44. The fourth-order valence-corrected chi connectivity index (χ4v) is 3.69. The molecule has 1 fully saturated rings. The third kappa shape index (κ3) is 3.54. The number of carbonyl (C=O) groups excluding carboxylic acids is 1. The van der Waals surface area contributed by atoms with Crippen molar-refractivity contribution in [3.63, 3.8) is 0 Å². The number of hydrogen-bond acceptors (Lipinski definition) is 4. The van der Waals surface area contributed by atoms with Crippen molar-refractivity contribution >= 4 is 16.8 Å². The van der Waals surface area contributed by atoms with Crippen LogP contribution in [0.4, 0.5) is 0 Å². The molecule has 138 valence electrons. The molecule has 1 amide bonds. The van der Waals surface area contributed by atoms with Crippen molar-refractivity contribution in [1.29, 1.82) is 0 Å². The summed E-state index contributed by atoms with van der Waals surface area (Å²) < 4.78 is 11.2. The SMILES string of the molecule is O=C(CCc1cc2cc3c(cc2[nH]c1=O)OCCO3)N1CCCCCC1. The first kappa shape index (κ1) is 16.9. The van der Waals surface area contributed by atoms with Crippen LogP contribution in [0.3, 0.4) is 0 Å². The van der Waals surface area contributed by atoms with E-state index in [4.69, 9.17) is 9.47 Å². The number of likely N-dealkylation sites (tertiary alicyclic amines) is 1. The number of H-pyrrole nitrogens is 1. The second-order valence-corrected chi connectivity index (χ2v) is 7.00. The number of aryl methyl sites for hydroxylation is 1. The molecular weight excluding hydrogens is 332 g/mol. The van der Waals surface area contributed by atoms with Crippen LogP contribution in [0.15, 0.2) is 23.0 Å². The Balaban J connectivity index is 1.51. The highest BCUT2D eigenvalue weighted by atomic mass is 16.6. The van der Waals surface area contributed by atoms with Gasteiger partial charge < -0.3 is 19.4 Å². The van der Waals surface area contributed by atoms with E-state index in [9.17, 15) is 9.59 Å². The minimum Gasteiger partial charge on any atom is -0.486 e. The van der Waals surface area contributed by atoms with Gasteiger partial charge in [0.15, 0.2) is 11.5 Å². The summed E-state index contributed by atoms with van der Waals surface area (Å²) in [6, 6.07) is 5.55. The van der Waals surface area contributed by atoms with Crippen molar-refractivity contribution in [2.45, 2.75) is 38.5 Å². The number of aromatic amines is 1. The molecule has 0 unspecified atom stereocenters. The zero-order valence-electron chi connectivity index (χ0n) is 14.9. The molecule has 26 heavy (non-hydrogen) atoms. The number of ether oxygens (including phenoxy) is 2. The maximum Gasteiger partial charge on any atom is 0.251 e. The molecule has 1 aromatic heterocycles. The van der Waals surface area contributed by atoms with Crippen LogP contribution in [-0.4, -0.2) is 42.1 Å². The first-order chi connectivity index (χ1) is 12.7. The molecule has 0 saturated carbocycles. The largest absolute Gasteiger partial charge is 0.486 e. The standard InChI is InChI=1S/C20H24N2O4/c23-19(22-7-3-1-2-4-8-22)6-5-14-11-15-12-17-18(26-10-9-25-17)13-16(15)21-20(14)24/h11-13H,1-10H2,(H,21,24). The molecule has 0 aliphatic carbocycles. The maximum absolute atomic E-state index is 12.5. The van der Waals surface area contributed by atoms with Crippen LogP contribution < -0.4 is 15.0 Å². The van der Waals surface area contributed by atoms with Crippen molar-refractivity contribution in [2.75, 3.05) is 26.3 Å². The number of nitrogens with zero attached hydrogens (tertiary/aromatic N) is 1. The quantitative estimate of drug-likeness (QED) is 0.918. The normalized spacial score (nSPS) is 17.2. The molecule has 0 spiro atoms. The van der Waals surface area contributed by atoms with E-state index in [-0.39, 0.29) is 11.5 Å². The van der Waals surface area contributed by atoms with E-state index in [0.29, 0.717) is 43.1 Å². The van der Waals surface area contributed by atoms with Crippen molar-refractivity contribution in [3.05, 3.63) is 34.1 Å². The number of fused-ring (bicyclic) bond motifs is 2. The fraction of sp³-hybridized carbons (Fsp3) is 0.500. The highest BCUT2D eigenvalue weighted by Crippen LogP contribution is 2.33. The summed E-state index contributed by atoms with van der Waals surface area (Å²) in [5.41, 5.74) is 1.22. The fourth-order valence-electron chi connectivity index (χ4n) is 3.69. The number of benzene rings is 1. The zero-order chi connectivity index (χ0) is 17.9. The van der Waals surface area contributed by atoms with Crippen LogP contribution in [0.2, 0.25) is 0 Å². The Morgan fingerprint density at radius 3 is 2.42 bits per heavy atom. The maximum atomic E-state index is 12.5. The van der Waals surface area contributed by atoms with Crippen LogP contribution in [-0.2, 0) is 11.2 Å². The monoisotopic (exact) mass is 356 g/mol. The zero-order valence-corrected chi connectivity index (χ0v) is 14.9. The van der Waals surface area contributed by atoms with Gasteiger partial charge in [-0.1, -0.05) is 12.8 Å². The first-order valence-electron chi connectivity index (χ1n) is 9.44. The predicted molar refractivity (Wildman–Crippen MR) is 98.9 cm³/mol. The highest BCUT2D eigenvalue weighted by Gasteiger charge is 2.17. The van der Waals surface area contributed by atoms with Crippen molar-refractivity contribution in [2.24, 2.45) is 0 Å². The van der Waals surface area contributed by atoms with Gasteiger partial charge in [0, 0.05) is 36.5 Å². The van der Waals surface area contributed by atoms with Crippen molar-refractivity contribution in [3.8, 4) is 11.5 Å². The smallest absolute Gasteiger partial charge is 0.251 e. The number of amides is 1. The van der Waals surface area contributed by atoms with E-state index in [1.54, 1.807) is 6.07 Å². The molecular formula is C20H24N2O4. The van der Waals surface area contributed by atoms with Gasteiger partial charge in [-0.05, 0) is 31.4 Å². The second kappa shape index (κ2) is 7.40. The lowest BCUT2D eigenvalue weighted by Gasteiger charge is -2.20. The third-order valence-corrected chi connectivity index (χ3v) is 5.15. The Bertz CT molecular complexity index is 866. The van der Waals surface area contributed by atoms with Gasteiger partial charge in [-0.2, -0.15) is 0 Å². The summed E-state index contributed by atoms with van der Waals surface area (Å²) >= 11 is 0. The van der Waals surface area contributed by atoms with Gasteiger partial charge in [0.05, 0.1) is 5.52 Å². The Hall–Kier alpha value is -2.50. The molecule has 2 aliphatic heterocycles. The van der Waals surface area contributed by atoms with Crippen LogP contribution in [0.5, 0.6) is 11.5 Å². The summed E-state index contributed by atoms with van der Waals surface area (Å²) in [4.78, 5) is 29.7. The third-order valence-electron chi connectivity index (χ3n) is 5.15.